The summed E-state index contributed by atoms with van der Waals surface area (Å²) in [6.45, 7) is 5.65. The van der Waals surface area contributed by atoms with E-state index in [9.17, 15) is 8.78 Å². The minimum absolute atomic E-state index is 0.459. The summed E-state index contributed by atoms with van der Waals surface area (Å²) in [5, 5.41) is 6.57. The molecule has 1 aliphatic rings. The molecule has 1 aromatic rings. The van der Waals surface area contributed by atoms with Gasteiger partial charge in [0.25, 0.3) is 0 Å². The molecule has 1 fully saturated rings. The Balaban J connectivity index is 1.68. The second kappa shape index (κ2) is 6.78. The lowest BCUT2D eigenvalue weighted by atomic mass is 10.1. The number of rotatable bonds is 5. The van der Waals surface area contributed by atoms with E-state index >= 15 is 0 Å². The fourth-order valence-corrected chi connectivity index (χ4v) is 2.05. The first-order valence-corrected chi connectivity index (χ1v) is 6.33. The zero-order valence-electron chi connectivity index (χ0n) is 10.4. The maximum Gasteiger partial charge on any atom is 0.129 e. The highest BCUT2D eigenvalue weighted by atomic mass is 19.1. The van der Waals surface area contributed by atoms with Gasteiger partial charge in [0.15, 0.2) is 0 Å². The molecule has 0 atom stereocenters. The standard InChI is InChI=1S/C13H19F2N3/c14-12-2-1-11(13(15)9-12)3-4-17-10-18-7-5-16-6-8-18/h1-2,9,16-17H,3-8,10H2. The Morgan fingerprint density at radius 1 is 1.22 bits per heavy atom. The van der Waals surface area contributed by atoms with E-state index in [0.717, 1.165) is 38.9 Å². The van der Waals surface area contributed by atoms with Crippen molar-refractivity contribution < 1.29 is 8.78 Å². The summed E-state index contributed by atoms with van der Waals surface area (Å²) >= 11 is 0. The van der Waals surface area contributed by atoms with Gasteiger partial charge in [0, 0.05) is 45.5 Å². The molecule has 0 saturated carbocycles. The Bertz CT molecular complexity index is 378. The largest absolute Gasteiger partial charge is 0.314 e. The average Bonchev–Trinajstić information content (AvgIpc) is 2.38. The van der Waals surface area contributed by atoms with Crippen LogP contribution in [0.25, 0.3) is 0 Å². The van der Waals surface area contributed by atoms with Crippen molar-refractivity contribution in [2.75, 3.05) is 39.4 Å². The van der Waals surface area contributed by atoms with Crippen molar-refractivity contribution in [3.05, 3.63) is 35.4 Å². The molecule has 3 nitrogen and oxygen atoms in total. The van der Waals surface area contributed by atoms with Gasteiger partial charge in [-0.3, -0.25) is 4.90 Å². The van der Waals surface area contributed by atoms with Crippen molar-refractivity contribution >= 4 is 0 Å². The summed E-state index contributed by atoms with van der Waals surface area (Å²) in [6, 6.07) is 3.75. The first kappa shape index (κ1) is 13.4. The number of hydrogen-bond donors (Lipinski definition) is 2. The van der Waals surface area contributed by atoms with Crippen LogP contribution in [0, 0.1) is 11.6 Å². The Hall–Kier alpha value is -1.04. The lowest BCUT2D eigenvalue weighted by Gasteiger charge is -2.27. The van der Waals surface area contributed by atoms with E-state index in [2.05, 4.69) is 15.5 Å². The van der Waals surface area contributed by atoms with Crippen LogP contribution >= 0.6 is 0 Å². The lowest BCUT2D eigenvalue weighted by Crippen LogP contribution is -2.47. The van der Waals surface area contributed by atoms with E-state index in [1.807, 2.05) is 0 Å². The second-order valence-corrected chi connectivity index (χ2v) is 4.51. The number of nitrogens with zero attached hydrogens (tertiary/aromatic N) is 1. The van der Waals surface area contributed by atoms with Crippen molar-refractivity contribution in [3.63, 3.8) is 0 Å². The van der Waals surface area contributed by atoms with Gasteiger partial charge < -0.3 is 10.6 Å². The summed E-state index contributed by atoms with van der Waals surface area (Å²) in [4.78, 5) is 2.32. The minimum atomic E-state index is -0.523. The Morgan fingerprint density at radius 3 is 2.72 bits per heavy atom. The van der Waals surface area contributed by atoms with Crippen molar-refractivity contribution in [1.29, 1.82) is 0 Å². The Labute approximate surface area is 106 Å². The van der Waals surface area contributed by atoms with Gasteiger partial charge >= 0.3 is 0 Å². The molecule has 0 aliphatic carbocycles. The molecule has 18 heavy (non-hydrogen) atoms. The maximum atomic E-state index is 13.3. The number of halogens is 2. The van der Waals surface area contributed by atoms with Gasteiger partial charge in [-0.1, -0.05) is 6.07 Å². The molecule has 0 amide bonds. The van der Waals surface area contributed by atoms with Crippen LogP contribution in [0.4, 0.5) is 8.78 Å². The van der Waals surface area contributed by atoms with Crippen LogP contribution in [0.3, 0.4) is 0 Å². The predicted molar refractivity (Wildman–Crippen MR) is 67.4 cm³/mol. The Kier molecular flexibility index (Phi) is 5.04. The van der Waals surface area contributed by atoms with E-state index in [-0.39, 0.29) is 0 Å². The lowest BCUT2D eigenvalue weighted by molar-refractivity contribution is 0.224. The van der Waals surface area contributed by atoms with Crippen LogP contribution < -0.4 is 10.6 Å². The van der Waals surface area contributed by atoms with Crippen molar-refractivity contribution in [1.82, 2.24) is 15.5 Å². The molecule has 1 saturated heterocycles. The van der Waals surface area contributed by atoms with E-state index in [1.54, 1.807) is 0 Å². The van der Waals surface area contributed by atoms with Gasteiger partial charge in [-0.25, -0.2) is 8.78 Å². The van der Waals surface area contributed by atoms with Gasteiger partial charge in [-0.15, -0.1) is 0 Å². The molecule has 0 spiro atoms. The zero-order valence-corrected chi connectivity index (χ0v) is 10.4. The van der Waals surface area contributed by atoms with Gasteiger partial charge in [0.2, 0.25) is 0 Å². The van der Waals surface area contributed by atoms with E-state index in [0.29, 0.717) is 18.5 Å². The summed E-state index contributed by atoms with van der Waals surface area (Å²) < 4.78 is 26.1. The quantitative estimate of drug-likeness (QED) is 0.767. The Morgan fingerprint density at radius 2 is 2.00 bits per heavy atom. The van der Waals surface area contributed by atoms with Gasteiger partial charge in [-0.05, 0) is 18.1 Å². The monoisotopic (exact) mass is 255 g/mol. The molecule has 1 aromatic carbocycles. The predicted octanol–water partition coefficient (Wildman–Crippen LogP) is 0.960. The highest BCUT2D eigenvalue weighted by molar-refractivity contribution is 5.18. The molecule has 100 valence electrons. The first-order valence-electron chi connectivity index (χ1n) is 6.33. The van der Waals surface area contributed by atoms with Crippen molar-refractivity contribution in [3.8, 4) is 0 Å². The minimum Gasteiger partial charge on any atom is -0.314 e. The third-order valence-corrected chi connectivity index (χ3v) is 3.13. The fourth-order valence-electron chi connectivity index (χ4n) is 2.05. The van der Waals surface area contributed by atoms with Gasteiger partial charge in [0.1, 0.15) is 11.6 Å². The molecule has 0 radical (unpaired) electrons. The van der Waals surface area contributed by atoms with Crippen molar-refractivity contribution in [2.45, 2.75) is 6.42 Å². The molecule has 0 unspecified atom stereocenters. The number of piperazine rings is 1. The second-order valence-electron chi connectivity index (χ2n) is 4.51. The SMILES string of the molecule is Fc1ccc(CCNCN2CCNCC2)c(F)c1. The highest BCUT2D eigenvalue weighted by Crippen LogP contribution is 2.09. The molecule has 0 aromatic heterocycles. The maximum absolute atomic E-state index is 13.3. The zero-order chi connectivity index (χ0) is 12.8. The molecule has 2 rings (SSSR count). The van der Waals surface area contributed by atoms with Crippen LogP contribution in [0.15, 0.2) is 18.2 Å². The van der Waals surface area contributed by atoms with E-state index in [1.165, 1.54) is 12.1 Å². The fraction of sp³-hybridized carbons (Fsp3) is 0.538. The van der Waals surface area contributed by atoms with Crippen LogP contribution in [-0.4, -0.2) is 44.3 Å². The molecular formula is C13H19F2N3. The topological polar surface area (TPSA) is 27.3 Å². The average molecular weight is 255 g/mol. The highest BCUT2D eigenvalue weighted by Gasteiger charge is 2.08. The third kappa shape index (κ3) is 4.01. The molecule has 2 N–H and O–H groups in total. The number of benzene rings is 1. The summed E-state index contributed by atoms with van der Waals surface area (Å²) in [7, 11) is 0. The van der Waals surface area contributed by atoms with Crippen LogP contribution in [0.5, 0.6) is 0 Å². The molecular weight excluding hydrogens is 236 g/mol. The number of hydrogen-bond acceptors (Lipinski definition) is 3. The summed E-state index contributed by atoms with van der Waals surface area (Å²) in [5.41, 5.74) is 0.559. The van der Waals surface area contributed by atoms with Gasteiger partial charge in [0.05, 0.1) is 0 Å². The molecule has 0 bridgehead atoms. The van der Waals surface area contributed by atoms with Crippen LogP contribution in [0.1, 0.15) is 5.56 Å². The van der Waals surface area contributed by atoms with Gasteiger partial charge in [-0.2, -0.15) is 0 Å². The number of nitrogens with one attached hydrogen (secondary N) is 2. The summed E-state index contributed by atoms with van der Waals surface area (Å²) in [6.07, 6.45) is 0.582. The van der Waals surface area contributed by atoms with Crippen LogP contribution in [-0.2, 0) is 6.42 Å². The third-order valence-electron chi connectivity index (χ3n) is 3.13. The summed E-state index contributed by atoms with van der Waals surface area (Å²) in [5.74, 6) is -0.982. The van der Waals surface area contributed by atoms with Crippen LogP contribution in [0.2, 0.25) is 0 Å². The van der Waals surface area contributed by atoms with Crippen molar-refractivity contribution in [2.24, 2.45) is 0 Å². The molecule has 5 heteroatoms. The van der Waals surface area contributed by atoms with E-state index in [4.69, 9.17) is 0 Å². The first-order chi connectivity index (χ1) is 8.75. The smallest absolute Gasteiger partial charge is 0.129 e. The molecule has 1 heterocycles. The van der Waals surface area contributed by atoms with E-state index < -0.39 is 11.6 Å². The normalized spacial score (nSPS) is 17.0. The molecule has 1 aliphatic heterocycles.